The Balaban J connectivity index is 2.44. The van der Waals surface area contributed by atoms with Crippen LogP contribution < -0.4 is 9.62 Å². The molecular formula is C27H37Cl2N3O4S. The van der Waals surface area contributed by atoms with Crippen LogP contribution in [0.2, 0.25) is 10.0 Å². The Labute approximate surface area is 231 Å². The molecule has 2 aromatic rings. The monoisotopic (exact) mass is 569 g/mol. The normalized spacial score (nSPS) is 13.1. The minimum atomic E-state index is -3.81. The van der Waals surface area contributed by atoms with Crippen molar-refractivity contribution in [2.45, 2.75) is 72.0 Å². The van der Waals surface area contributed by atoms with Crippen LogP contribution in [0.1, 0.15) is 59.6 Å². The van der Waals surface area contributed by atoms with E-state index in [0.29, 0.717) is 21.3 Å². The molecule has 2 rings (SSSR count). The van der Waals surface area contributed by atoms with E-state index < -0.39 is 34.1 Å². The molecule has 0 saturated carbocycles. The van der Waals surface area contributed by atoms with Crippen LogP contribution in [-0.4, -0.2) is 49.5 Å². The topological polar surface area (TPSA) is 86.8 Å². The molecule has 0 fully saturated rings. The van der Waals surface area contributed by atoms with Gasteiger partial charge in [-0.15, -0.1) is 0 Å². The van der Waals surface area contributed by atoms with Crippen LogP contribution in [0.25, 0.3) is 0 Å². The first-order valence-electron chi connectivity index (χ1n) is 11.9. The van der Waals surface area contributed by atoms with E-state index in [-0.39, 0.29) is 17.9 Å². The maximum atomic E-state index is 13.6. The number of sulfonamides is 1. The zero-order chi connectivity index (χ0) is 28.3. The predicted molar refractivity (Wildman–Crippen MR) is 152 cm³/mol. The van der Waals surface area contributed by atoms with E-state index in [2.05, 4.69) is 26.1 Å². The number of hydrogen-bond donors (Lipinski definition) is 1. The van der Waals surface area contributed by atoms with Crippen LogP contribution in [0.3, 0.4) is 0 Å². The lowest BCUT2D eigenvalue weighted by Gasteiger charge is -2.33. The van der Waals surface area contributed by atoms with Crippen LogP contribution in [0.4, 0.5) is 5.69 Å². The van der Waals surface area contributed by atoms with Crippen LogP contribution in [-0.2, 0) is 31.6 Å². The Morgan fingerprint density at radius 2 is 1.51 bits per heavy atom. The van der Waals surface area contributed by atoms with Crippen molar-refractivity contribution in [2.75, 3.05) is 17.1 Å². The van der Waals surface area contributed by atoms with Gasteiger partial charge in [0.1, 0.15) is 12.6 Å². The lowest BCUT2D eigenvalue weighted by molar-refractivity contribution is -0.140. The summed E-state index contributed by atoms with van der Waals surface area (Å²) < 4.78 is 26.5. The number of hydrogen-bond acceptors (Lipinski definition) is 4. The van der Waals surface area contributed by atoms with Gasteiger partial charge in [-0.1, -0.05) is 62.2 Å². The van der Waals surface area contributed by atoms with E-state index in [0.717, 1.165) is 16.1 Å². The third-order valence-corrected chi connectivity index (χ3v) is 7.58. The molecule has 0 unspecified atom stereocenters. The average Bonchev–Trinajstić information content (AvgIpc) is 2.75. The zero-order valence-electron chi connectivity index (χ0n) is 22.7. The molecule has 2 amide bonds. The summed E-state index contributed by atoms with van der Waals surface area (Å²) >= 11 is 12.2. The minimum absolute atomic E-state index is 0.0367. The average molecular weight is 571 g/mol. The molecule has 10 heteroatoms. The minimum Gasteiger partial charge on any atom is -0.350 e. The highest BCUT2D eigenvalue weighted by molar-refractivity contribution is 7.92. The second kappa shape index (κ2) is 11.6. The van der Waals surface area contributed by atoms with Gasteiger partial charge in [0.05, 0.1) is 22.0 Å². The summed E-state index contributed by atoms with van der Waals surface area (Å²) in [7, 11) is -3.81. The molecule has 0 aromatic heterocycles. The van der Waals surface area contributed by atoms with Gasteiger partial charge in [-0.3, -0.25) is 13.9 Å². The molecule has 7 nitrogen and oxygen atoms in total. The van der Waals surface area contributed by atoms with E-state index >= 15 is 0 Å². The van der Waals surface area contributed by atoms with E-state index in [4.69, 9.17) is 23.2 Å². The molecule has 0 bridgehead atoms. The SMILES string of the molecule is C[C@H](C(=O)NC(C)(C)C)N(Cc1ccc(Cl)c(Cl)c1)C(=O)CN(c1ccc(C(C)(C)C)cc1)S(C)(=O)=O. The third kappa shape index (κ3) is 8.90. The first-order valence-corrected chi connectivity index (χ1v) is 14.5. The Morgan fingerprint density at radius 1 is 0.946 bits per heavy atom. The summed E-state index contributed by atoms with van der Waals surface area (Å²) in [6, 6.07) is 11.1. The lowest BCUT2D eigenvalue weighted by atomic mass is 9.87. The molecule has 37 heavy (non-hydrogen) atoms. The standard InChI is InChI=1S/C27H37Cl2N3O4S/c1-18(25(34)30-27(5,6)7)31(16-19-9-14-22(28)23(29)15-19)24(33)17-32(37(8,35)36)21-12-10-20(11-13-21)26(2,3)4/h9-15,18H,16-17H2,1-8H3,(H,30,34)/t18-/m1/s1. The van der Waals surface area contributed by atoms with Crippen molar-refractivity contribution >= 4 is 50.7 Å². The molecule has 0 spiro atoms. The van der Waals surface area contributed by atoms with Gasteiger partial charge in [-0.25, -0.2) is 8.42 Å². The number of halogens is 2. The van der Waals surface area contributed by atoms with Crippen LogP contribution in [0, 0.1) is 0 Å². The molecule has 0 aliphatic heterocycles. The van der Waals surface area contributed by atoms with Crippen LogP contribution in [0.5, 0.6) is 0 Å². The summed E-state index contributed by atoms with van der Waals surface area (Å²) in [5.41, 5.74) is 1.42. The largest absolute Gasteiger partial charge is 0.350 e. The van der Waals surface area contributed by atoms with E-state index in [1.54, 1.807) is 37.3 Å². The van der Waals surface area contributed by atoms with Crippen molar-refractivity contribution in [3.05, 3.63) is 63.6 Å². The molecule has 1 atom stereocenters. The number of amides is 2. The fourth-order valence-electron chi connectivity index (χ4n) is 3.63. The maximum Gasteiger partial charge on any atom is 0.244 e. The lowest BCUT2D eigenvalue weighted by Crippen LogP contribution is -2.54. The fourth-order valence-corrected chi connectivity index (χ4v) is 4.80. The Hall–Kier alpha value is -2.29. The fraction of sp³-hybridized carbons (Fsp3) is 0.481. The van der Waals surface area contributed by atoms with Crippen molar-refractivity contribution in [1.82, 2.24) is 10.2 Å². The molecule has 2 aromatic carbocycles. The van der Waals surface area contributed by atoms with Gasteiger partial charge in [-0.05, 0) is 68.5 Å². The van der Waals surface area contributed by atoms with Gasteiger partial charge in [0.2, 0.25) is 21.8 Å². The molecule has 1 N–H and O–H groups in total. The smallest absolute Gasteiger partial charge is 0.244 e. The van der Waals surface area contributed by atoms with Crippen molar-refractivity contribution in [3.63, 3.8) is 0 Å². The second-order valence-corrected chi connectivity index (χ2v) is 14.0. The highest BCUT2D eigenvalue weighted by Gasteiger charge is 2.31. The van der Waals surface area contributed by atoms with Gasteiger partial charge >= 0.3 is 0 Å². The Kier molecular flexibility index (Phi) is 9.72. The van der Waals surface area contributed by atoms with Crippen molar-refractivity contribution in [1.29, 1.82) is 0 Å². The van der Waals surface area contributed by atoms with Gasteiger partial charge in [0.15, 0.2) is 0 Å². The van der Waals surface area contributed by atoms with Gasteiger partial charge in [0.25, 0.3) is 0 Å². The number of nitrogens with zero attached hydrogens (tertiary/aromatic N) is 2. The molecule has 204 valence electrons. The predicted octanol–water partition coefficient (Wildman–Crippen LogP) is 5.39. The maximum absolute atomic E-state index is 13.6. The first-order chi connectivity index (χ1) is 16.8. The van der Waals surface area contributed by atoms with Crippen molar-refractivity contribution in [3.8, 4) is 0 Å². The quantitative estimate of drug-likeness (QED) is 0.461. The van der Waals surface area contributed by atoms with E-state index in [9.17, 15) is 18.0 Å². The number of carbonyl (C=O) groups excluding carboxylic acids is 2. The van der Waals surface area contributed by atoms with Crippen molar-refractivity contribution < 1.29 is 18.0 Å². The second-order valence-electron chi connectivity index (χ2n) is 11.3. The molecule has 0 aliphatic rings. The number of nitrogens with one attached hydrogen (secondary N) is 1. The zero-order valence-corrected chi connectivity index (χ0v) is 25.1. The number of carbonyl (C=O) groups is 2. The molecule has 0 radical (unpaired) electrons. The van der Waals surface area contributed by atoms with Gasteiger partial charge < -0.3 is 10.2 Å². The Morgan fingerprint density at radius 3 is 1.97 bits per heavy atom. The Bertz CT molecular complexity index is 1230. The summed E-state index contributed by atoms with van der Waals surface area (Å²) in [6.45, 7) is 12.9. The number of anilines is 1. The highest BCUT2D eigenvalue weighted by atomic mass is 35.5. The number of rotatable bonds is 8. The summed E-state index contributed by atoms with van der Waals surface area (Å²) in [4.78, 5) is 28.0. The first kappa shape index (κ1) is 30.9. The summed E-state index contributed by atoms with van der Waals surface area (Å²) in [5.74, 6) is -0.894. The summed E-state index contributed by atoms with van der Waals surface area (Å²) in [6.07, 6.45) is 1.05. The van der Waals surface area contributed by atoms with Crippen LogP contribution >= 0.6 is 23.2 Å². The molecule has 0 heterocycles. The molecule has 0 aliphatic carbocycles. The number of benzene rings is 2. The third-order valence-electron chi connectivity index (χ3n) is 5.70. The van der Waals surface area contributed by atoms with Crippen molar-refractivity contribution in [2.24, 2.45) is 0 Å². The highest BCUT2D eigenvalue weighted by Crippen LogP contribution is 2.27. The summed E-state index contributed by atoms with van der Waals surface area (Å²) in [5, 5.41) is 3.56. The molecule has 0 saturated heterocycles. The van der Waals surface area contributed by atoms with Gasteiger partial charge in [0, 0.05) is 12.1 Å². The van der Waals surface area contributed by atoms with E-state index in [1.807, 2.05) is 32.9 Å². The van der Waals surface area contributed by atoms with Crippen LogP contribution in [0.15, 0.2) is 42.5 Å². The van der Waals surface area contributed by atoms with E-state index in [1.165, 1.54) is 4.90 Å². The molecular weight excluding hydrogens is 533 g/mol. The van der Waals surface area contributed by atoms with Gasteiger partial charge in [-0.2, -0.15) is 0 Å².